The van der Waals surface area contributed by atoms with Crippen LogP contribution in [0.4, 0.5) is 5.69 Å². The summed E-state index contributed by atoms with van der Waals surface area (Å²) in [6.45, 7) is 4.10. The van der Waals surface area contributed by atoms with Crippen LogP contribution in [0.25, 0.3) is 0 Å². The fraction of sp³-hybridized carbons (Fsp3) is 0.417. The van der Waals surface area contributed by atoms with Gasteiger partial charge in [0, 0.05) is 26.1 Å². The standard InChI is InChI=1S/C24H31Cl2N3O5S/c1-5-27-24(31)17(2)28(16-18-12-13-19(25)20(26)15-18)23(30)11-8-14-29(35(4,32)33)21-9-6-7-10-22(21)34-3/h6-7,9-10,12-13,15,17H,5,8,11,14,16H2,1-4H3,(H,27,31)/t17-/m0/s1. The highest BCUT2D eigenvalue weighted by Crippen LogP contribution is 2.30. The Balaban J connectivity index is 2.21. The molecule has 0 aliphatic heterocycles. The van der Waals surface area contributed by atoms with E-state index in [-0.39, 0.29) is 37.7 Å². The minimum absolute atomic E-state index is 0.0340. The van der Waals surface area contributed by atoms with Crippen LogP contribution in [0.2, 0.25) is 10.0 Å². The summed E-state index contributed by atoms with van der Waals surface area (Å²) in [6, 6.07) is 11.1. The van der Waals surface area contributed by atoms with Gasteiger partial charge in [0.15, 0.2) is 0 Å². The van der Waals surface area contributed by atoms with Gasteiger partial charge in [-0.3, -0.25) is 13.9 Å². The molecule has 1 N–H and O–H groups in total. The molecule has 0 aliphatic carbocycles. The number of ether oxygens (including phenoxy) is 1. The van der Waals surface area contributed by atoms with Gasteiger partial charge in [0.1, 0.15) is 11.8 Å². The summed E-state index contributed by atoms with van der Waals surface area (Å²) >= 11 is 12.1. The van der Waals surface area contributed by atoms with Crippen molar-refractivity contribution in [2.75, 3.05) is 30.8 Å². The maximum atomic E-state index is 13.2. The third-order valence-electron chi connectivity index (χ3n) is 5.36. The molecule has 0 saturated carbocycles. The highest BCUT2D eigenvalue weighted by molar-refractivity contribution is 7.92. The number of carbonyl (C=O) groups excluding carboxylic acids is 2. The molecule has 0 fully saturated rings. The maximum absolute atomic E-state index is 13.2. The van der Waals surface area contributed by atoms with Crippen LogP contribution in [-0.4, -0.2) is 57.6 Å². The lowest BCUT2D eigenvalue weighted by atomic mass is 10.1. The number of hydrogen-bond acceptors (Lipinski definition) is 5. The van der Waals surface area contributed by atoms with Gasteiger partial charge in [-0.05, 0) is 50.1 Å². The van der Waals surface area contributed by atoms with Crippen LogP contribution in [0.5, 0.6) is 5.75 Å². The van der Waals surface area contributed by atoms with E-state index in [2.05, 4.69) is 5.32 Å². The van der Waals surface area contributed by atoms with Crippen LogP contribution in [-0.2, 0) is 26.2 Å². The van der Waals surface area contributed by atoms with Gasteiger partial charge >= 0.3 is 0 Å². The van der Waals surface area contributed by atoms with Crippen LogP contribution in [0.3, 0.4) is 0 Å². The molecule has 0 aromatic heterocycles. The van der Waals surface area contributed by atoms with E-state index < -0.39 is 16.1 Å². The van der Waals surface area contributed by atoms with E-state index in [0.29, 0.717) is 28.0 Å². The lowest BCUT2D eigenvalue weighted by Crippen LogP contribution is -2.47. The number of hydrogen-bond donors (Lipinski definition) is 1. The smallest absolute Gasteiger partial charge is 0.242 e. The molecule has 0 spiro atoms. The molecule has 2 amide bonds. The normalized spacial score (nSPS) is 12.1. The number of sulfonamides is 1. The van der Waals surface area contributed by atoms with Gasteiger partial charge in [0.25, 0.3) is 0 Å². The SMILES string of the molecule is CCNC(=O)[C@H](C)N(Cc1ccc(Cl)c(Cl)c1)C(=O)CCCN(c1ccccc1OC)S(C)(=O)=O. The van der Waals surface area contributed by atoms with Crippen molar-refractivity contribution in [3.05, 3.63) is 58.1 Å². The minimum Gasteiger partial charge on any atom is -0.495 e. The Morgan fingerprint density at radius 1 is 1.11 bits per heavy atom. The van der Waals surface area contributed by atoms with Gasteiger partial charge in [-0.25, -0.2) is 8.42 Å². The lowest BCUT2D eigenvalue weighted by molar-refractivity contribution is -0.140. The number of benzene rings is 2. The molecular formula is C24H31Cl2N3O5S. The summed E-state index contributed by atoms with van der Waals surface area (Å²) in [5.74, 6) is -0.161. The van der Waals surface area contributed by atoms with Crippen LogP contribution in [0.15, 0.2) is 42.5 Å². The molecular weight excluding hydrogens is 513 g/mol. The maximum Gasteiger partial charge on any atom is 0.242 e. The average Bonchev–Trinajstić information content (AvgIpc) is 2.81. The Labute approximate surface area is 217 Å². The number of halogens is 2. The molecule has 11 heteroatoms. The van der Waals surface area contributed by atoms with Crippen molar-refractivity contribution >= 4 is 50.7 Å². The quantitative estimate of drug-likeness (QED) is 0.434. The summed E-state index contributed by atoms with van der Waals surface area (Å²) in [7, 11) is -2.16. The largest absolute Gasteiger partial charge is 0.495 e. The Morgan fingerprint density at radius 2 is 1.80 bits per heavy atom. The summed E-state index contributed by atoms with van der Waals surface area (Å²) in [6.07, 6.45) is 1.38. The predicted molar refractivity (Wildman–Crippen MR) is 140 cm³/mol. The molecule has 0 saturated heterocycles. The second-order valence-corrected chi connectivity index (χ2v) is 10.7. The zero-order chi connectivity index (χ0) is 26.2. The van der Waals surface area contributed by atoms with Crippen molar-refractivity contribution in [2.45, 2.75) is 39.3 Å². The summed E-state index contributed by atoms with van der Waals surface area (Å²) in [5, 5.41) is 3.47. The molecule has 8 nitrogen and oxygen atoms in total. The van der Waals surface area contributed by atoms with E-state index in [0.717, 1.165) is 11.8 Å². The zero-order valence-electron chi connectivity index (χ0n) is 20.3. The number of anilines is 1. The number of nitrogens with zero attached hydrogens (tertiary/aromatic N) is 2. The highest BCUT2D eigenvalue weighted by Gasteiger charge is 2.27. The van der Waals surface area contributed by atoms with E-state index in [4.69, 9.17) is 27.9 Å². The number of rotatable bonds is 12. The number of methoxy groups -OCH3 is 1. The average molecular weight is 545 g/mol. The van der Waals surface area contributed by atoms with Crippen LogP contribution in [0.1, 0.15) is 32.3 Å². The number of amides is 2. The van der Waals surface area contributed by atoms with Crippen LogP contribution >= 0.6 is 23.2 Å². The first-order valence-corrected chi connectivity index (χ1v) is 13.7. The number of nitrogens with one attached hydrogen (secondary N) is 1. The minimum atomic E-state index is -3.63. The molecule has 2 aromatic rings. The molecule has 0 bridgehead atoms. The van der Waals surface area contributed by atoms with Gasteiger partial charge in [0.2, 0.25) is 21.8 Å². The second kappa shape index (κ2) is 13.0. The number of para-hydroxylation sites is 2. The fourth-order valence-corrected chi connectivity index (χ4v) is 4.85. The van der Waals surface area contributed by atoms with Crippen LogP contribution in [0, 0.1) is 0 Å². The monoisotopic (exact) mass is 543 g/mol. The van der Waals surface area contributed by atoms with Gasteiger partial charge < -0.3 is 15.0 Å². The third-order valence-corrected chi connectivity index (χ3v) is 7.28. The molecule has 0 radical (unpaired) electrons. The zero-order valence-corrected chi connectivity index (χ0v) is 22.6. The van der Waals surface area contributed by atoms with Crippen molar-refractivity contribution < 1.29 is 22.7 Å². The third kappa shape index (κ3) is 8.02. The summed E-state index contributed by atoms with van der Waals surface area (Å²) < 4.78 is 31.5. The Hall–Kier alpha value is -2.49. The first-order chi connectivity index (χ1) is 16.5. The van der Waals surface area contributed by atoms with E-state index in [1.807, 2.05) is 0 Å². The molecule has 192 valence electrons. The van der Waals surface area contributed by atoms with Crippen molar-refractivity contribution in [1.29, 1.82) is 0 Å². The van der Waals surface area contributed by atoms with Crippen molar-refractivity contribution in [3.63, 3.8) is 0 Å². The second-order valence-electron chi connectivity index (χ2n) is 7.95. The van der Waals surface area contributed by atoms with Crippen LogP contribution < -0.4 is 14.4 Å². The summed E-state index contributed by atoms with van der Waals surface area (Å²) in [4.78, 5) is 27.2. The van der Waals surface area contributed by atoms with Crippen molar-refractivity contribution in [3.8, 4) is 5.75 Å². The molecule has 1 atom stereocenters. The Morgan fingerprint density at radius 3 is 2.40 bits per heavy atom. The molecule has 2 rings (SSSR count). The first kappa shape index (κ1) is 28.7. The first-order valence-electron chi connectivity index (χ1n) is 11.1. The van der Waals surface area contributed by atoms with E-state index in [1.165, 1.54) is 16.3 Å². The Kier molecular flexibility index (Phi) is 10.7. The molecule has 0 aliphatic rings. The van der Waals surface area contributed by atoms with Gasteiger partial charge in [-0.2, -0.15) is 0 Å². The highest BCUT2D eigenvalue weighted by atomic mass is 35.5. The van der Waals surface area contributed by atoms with Crippen molar-refractivity contribution in [1.82, 2.24) is 10.2 Å². The summed E-state index contributed by atoms with van der Waals surface area (Å²) in [5.41, 5.74) is 1.11. The van der Waals surface area contributed by atoms with E-state index in [1.54, 1.807) is 56.3 Å². The van der Waals surface area contributed by atoms with E-state index in [9.17, 15) is 18.0 Å². The number of carbonyl (C=O) groups is 2. The molecule has 0 heterocycles. The molecule has 35 heavy (non-hydrogen) atoms. The van der Waals surface area contributed by atoms with Gasteiger partial charge in [-0.1, -0.05) is 41.4 Å². The predicted octanol–water partition coefficient (Wildman–Crippen LogP) is 4.10. The van der Waals surface area contributed by atoms with Crippen molar-refractivity contribution in [2.24, 2.45) is 0 Å². The number of likely N-dealkylation sites (N-methyl/N-ethyl adjacent to an activating group) is 1. The molecule has 2 aromatic carbocycles. The van der Waals surface area contributed by atoms with E-state index >= 15 is 0 Å². The van der Waals surface area contributed by atoms with Gasteiger partial charge in [0.05, 0.1) is 29.1 Å². The Bertz CT molecular complexity index is 1140. The van der Waals surface area contributed by atoms with Gasteiger partial charge in [-0.15, -0.1) is 0 Å². The fourth-order valence-electron chi connectivity index (χ4n) is 3.56. The lowest BCUT2D eigenvalue weighted by Gasteiger charge is -2.29. The topological polar surface area (TPSA) is 96.0 Å². The molecule has 0 unspecified atom stereocenters.